The molecule has 0 aromatic heterocycles. The summed E-state index contributed by atoms with van der Waals surface area (Å²) in [5, 5.41) is 19.6. The maximum Gasteiger partial charge on any atom is 0.303 e. The first-order chi connectivity index (χ1) is 17.7. The first kappa shape index (κ1) is 24.9. The van der Waals surface area contributed by atoms with E-state index in [4.69, 9.17) is 5.11 Å². The number of ketones is 2. The fourth-order valence-electron chi connectivity index (χ4n) is 6.46. The summed E-state index contributed by atoms with van der Waals surface area (Å²) in [5.41, 5.74) is 2.38. The summed E-state index contributed by atoms with van der Waals surface area (Å²) in [4.78, 5) is 65.3. The molecular formula is C29H29NO7. The predicted octanol–water partition coefficient (Wildman–Crippen LogP) is 3.47. The second-order valence-electron chi connectivity index (χ2n) is 10.3. The number of fused-ring (bicyclic) bond motifs is 3. The van der Waals surface area contributed by atoms with Crippen LogP contribution in [0.15, 0.2) is 58.7 Å². The van der Waals surface area contributed by atoms with Gasteiger partial charge >= 0.3 is 5.97 Å². The third-order valence-electron chi connectivity index (χ3n) is 8.18. The Morgan fingerprint density at radius 2 is 1.78 bits per heavy atom. The van der Waals surface area contributed by atoms with Crippen LogP contribution in [0.5, 0.6) is 5.75 Å². The Balaban J connectivity index is 1.49. The van der Waals surface area contributed by atoms with Gasteiger partial charge in [-0.05, 0) is 50.7 Å². The number of carboxylic acid groups (broad SMARTS) is 1. The molecule has 0 radical (unpaired) electrons. The monoisotopic (exact) mass is 503 g/mol. The van der Waals surface area contributed by atoms with E-state index in [2.05, 4.69) is 0 Å². The molecular weight excluding hydrogens is 474 g/mol. The number of benzene rings is 1. The molecule has 2 N–H and O–H groups in total. The van der Waals surface area contributed by atoms with Crippen molar-refractivity contribution in [2.24, 2.45) is 17.8 Å². The quantitative estimate of drug-likeness (QED) is 0.252. The fourth-order valence-corrected chi connectivity index (χ4v) is 6.46. The van der Waals surface area contributed by atoms with Crippen molar-refractivity contribution in [1.29, 1.82) is 0 Å². The predicted molar refractivity (Wildman–Crippen MR) is 132 cm³/mol. The first-order valence-electron chi connectivity index (χ1n) is 12.8. The van der Waals surface area contributed by atoms with Crippen molar-refractivity contribution in [3.8, 4) is 5.75 Å². The van der Waals surface area contributed by atoms with E-state index in [0.717, 1.165) is 5.57 Å². The van der Waals surface area contributed by atoms with E-state index in [9.17, 15) is 29.1 Å². The number of likely N-dealkylation sites (tertiary alicyclic amines) is 1. The Morgan fingerprint density at radius 1 is 1.03 bits per heavy atom. The maximum absolute atomic E-state index is 13.6. The molecule has 0 unspecified atom stereocenters. The molecule has 4 aliphatic rings. The zero-order chi connectivity index (χ0) is 26.4. The van der Waals surface area contributed by atoms with Crippen molar-refractivity contribution in [1.82, 2.24) is 4.90 Å². The van der Waals surface area contributed by atoms with Gasteiger partial charge in [0.25, 0.3) is 0 Å². The Labute approximate surface area is 214 Å². The molecule has 3 aliphatic carbocycles. The van der Waals surface area contributed by atoms with E-state index < -0.39 is 29.6 Å². The smallest absolute Gasteiger partial charge is 0.303 e. The summed E-state index contributed by atoms with van der Waals surface area (Å²) < 4.78 is 0. The maximum atomic E-state index is 13.6. The minimum atomic E-state index is -0.872. The number of amides is 2. The number of imide groups is 1. The highest BCUT2D eigenvalue weighted by atomic mass is 16.4. The van der Waals surface area contributed by atoms with Gasteiger partial charge in [-0.25, -0.2) is 0 Å². The van der Waals surface area contributed by atoms with Crippen LogP contribution in [0.25, 0.3) is 0 Å². The van der Waals surface area contributed by atoms with Crippen LogP contribution in [0.4, 0.5) is 0 Å². The second-order valence-corrected chi connectivity index (χ2v) is 10.3. The molecule has 0 spiro atoms. The zero-order valence-electron chi connectivity index (χ0n) is 20.6. The number of rotatable bonds is 7. The second kappa shape index (κ2) is 9.57. The number of carbonyl (C=O) groups is 5. The van der Waals surface area contributed by atoms with Crippen LogP contribution < -0.4 is 0 Å². The number of nitrogens with zero attached hydrogens (tertiary/aromatic N) is 1. The topological polar surface area (TPSA) is 129 Å². The summed E-state index contributed by atoms with van der Waals surface area (Å²) in [7, 11) is 0. The number of carbonyl (C=O) groups excluding carboxylic acids is 4. The number of Topliss-reactive ketones (excluding diaryl/α,β-unsaturated/α-hetero) is 1. The molecule has 1 aromatic carbocycles. The molecule has 8 heteroatoms. The van der Waals surface area contributed by atoms with Crippen LogP contribution in [0, 0.1) is 17.8 Å². The van der Waals surface area contributed by atoms with E-state index in [-0.39, 0.29) is 48.5 Å². The summed E-state index contributed by atoms with van der Waals surface area (Å²) in [6.07, 6.45) is 5.47. The van der Waals surface area contributed by atoms with Crippen molar-refractivity contribution in [2.45, 2.75) is 51.4 Å². The van der Waals surface area contributed by atoms with Crippen molar-refractivity contribution in [3.05, 3.63) is 64.3 Å². The molecule has 2 amide bonds. The number of aliphatic carboxylic acids is 1. The molecule has 8 nitrogen and oxygen atoms in total. The molecule has 0 bridgehead atoms. The number of aromatic hydroxyl groups is 1. The average Bonchev–Trinajstić information content (AvgIpc) is 3.11. The van der Waals surface area contributed by atoms with Gasteiger partial charge in [-0.1, -0.05) is 36.3 Å². The van der Waals surface area contributed by atoms with Crippen molar-refractivity contribution in [2.75, 3.05) is 6.54 Å². The van der Waals surface area contributed by atoms with Gasteiger partial charge in [-0.2, -0.15) is 0 Å². The van der Waals surface area contributed by atoms with Crippen molar-refractivity contribution < 1.29 is 34.2 Å². The van der Waals surface area contributed by atoms with E-state index >= 15 is 0 Å². The summed E-state index contributed by atoms with van der Waals surface area (Å²) in [6.45, 7) is 1.85. The highest BCUT2D eigenvalue weighted by Gasteiger charge is 2.56. The van der Waals surface area contributed by atoms with E-state index in [1.165, 1.54) is 11.0 Å². The summed E-state index contributed by atoms with van der Waals surface area (Å²) >= 11 is 0. The molecule has 1 heterocycles. The van der Waals surface area contributed by atoms with Crippen molar-refractivity contribution >= 4 is 29.4 Å². The van der Waals surface area contributed by atoms with Gasteiger partial charge in [0.05, 0.1) is 11.8 Å². The van der Waals surface area contributed by atoms with Crippen LogP contribution in [0.2, 0.25) is 0 Å². The lowest BCUT2D eigenvalue weighted by atomic mass is 9.59. The number of phenolic OH excluding ortho intramolecular Hbond substituents is 1. The van der Waals surface area contributed by atoms with Gasteiger partial charge in [0.15, 0.2) is 11.6 Å². The van der Waals surface area contributed by atoms with Crippen molar-refractivity contribution in [3.63, 3.8) is 0 Å². The van der Waals surface area contributed by atoms with Crippen LogP contribution >= 0.6 is 0 Å². The zero-order valence-corrected chi connectivity index (χ0v) is 20.6. The Morgan fingerprint density at radius 3 is 2.51 bits per heavy atom. The number of hydrogen-bond acceptors (Lipinski definition) is 6. The molecule has 1 aliphatic heterocycles. The molecule has 1 saturated heterocycles. The number of unbranched alkanes of at least 4 members (excludes halogenated alkanes) is 2. The SMILES string of the molecule is CC1=CC(=O)C2=C(C1=O)[C@@H](c1ccccc1O)C1=CC[C@@H]3C(=O)N(CCCCCC(=O)O)C(=O)[C@@H]3[C@@H]1C2. The van der Waals surface area contributed by atoms with Gasteiger partial charge in [0, 0.05) is 41.2 Å². The lowest BCUT2D eigenvalue weighted by molar-refractivity contribution is -0.141. The molecule has 1 aromatic rings. The Kier molecular flexibility index (Phi) is 6.43. The molecule has 192 valence electrons. The van der Waals surface area contributed by atoms with E-state index in [1.54, 1.807) is 31.2 Å². The number of hydrogen-bond donors (Lipinski definition) is 2. The van der Waals surface area contributed by atoms with Gasteiger partial charge < -0.3 is 10.2 Å². The number of para-hydroxylation sites is 1. The fraction of sp³-hybridized carbons (Fsp3) is 0.414. The van der Waals surface area contributed by atoms with Gasteiger partial charge in [0.1, 0.15) is 5.75 Å². The van der Waals surface area contributed by atoms with Gasteiger partial charge in [-0.15, -0.1) is 0 Å². The Hall–Kier alpha value is -3.81. The largest absolute Gasteiger partial charge is 0.508 e. The Bertz CT molecular complexity index is 1320. The standard InChI is InChI=1S/C29H29NO7/c1-15-13-22(32)20-14-19-16(24(26(20)27(15)35)17-7-4-5-8-21(17)31)10-11-18-25(19)29(37)30(28(18)36)12-6-2-3-9-23(33)34/h4-5,7-8,10,13,18-19,24-25,31H,2-3,6,9,11-12,14H2,1H3,(H,33,34)/t18-,19+,24+,25-/m0/s1. The summed E-state index contributed by atoms with van der Waals surface area (Å²) in [6, 6.07) is 6.72. The number of phenols is 1. The molecule has 5 rings (SSSR count). The van der Waals surface area contributed by atoms with E-state index in [1.807, 2.05) is 6.08 Å². The lowest BCUT2D eigenvalue weighted by Gasteiger charge is -2.42. The van der Waals surface area contributed by atoms with Crippen LogP contribution in [-0.4, -0.2) is 51.0 Å². The lowest BCUT2D eigenvalue weighted by Crippen LogP contribution is -2.39. The minimum Gasteiger partial charge on any atom is -0.508 e. The highest BCUT2D eigenvalue weighted by Crippen LogP contribution is 2.56. The molecule has 37 heavy (non-hydrogen) atoms. The summed E-state index contributed by atoms with van der Waals surface area (Å²) in [5.74, 6) is -4.13. The number of carboxylic acids is 1. The molecule has 1 fully saturated rings. The highest BCUT2D eigenvalue weighted by molar-refractivity contribution is 6.24. The first-order valence-corrected chi connectivity index (χ1v) is 12.8. The van der Waals surface area contributed by atoms with Crippen LogP contribution in [0.3, 0.4) is 0 Å². The minimum absolute atomic E-state index is 0.00675. The average molecular weight is 504 g/mol. The van der Waals surface area contributed by atoms with Crippen LogP contribution in [0.1, 0.15) is 56.9 Å². The third-order valence-corrected chi connectivity index (χ3v) is 8.18. The normalized spacial score (nSPS) is 27.0. The van der Waals surface area contributed by atoms with E-state index in [0.29, 0.717) is 48.0 Å². The van der Waals surface area contributed by atoms with Gasteiger partial charge in [0.2, 0.25) is 11.8 Å². The third kappa shape index (κ3) is 4.14. The molecule has 0 saturated carbocycles. The van der Waals surface area contributed by atoms with Crippen LogP contribution in [-0.2, 0) is 24.0 Å². The molecule has 4 atom stereocenters. The van der Waals surface area contributed by atoms with Gasteiger partial charge in [-0.3, -0.25) is 28.9 Å². The number of allylic oxidation sites excluding steroid dienone is 6.